The summed E-state index contributed by atoms with van der Waals surface area (Å²) in [5, 5.41) is 6.92. The maximum atomic E-state index is 5.36. The van der Waals surface area contributed by atoms with Gasteiger partial charge in [0, 0.05) is 5.27 Å². The lowest BCUT2D eigenvalue weighted by atomic mass is 10.4. The van der Waals surface area contributed by atoms with E-state index in [1.54, 1.807) is 12.1 Å². The van der Waals surface area contributed by atoms with Crippen molar-refractivity contribution in [3.05, 3.63) is 12.1 Å². The van der Waals surface area contributed by atoms with Crippen molar-refractivity contribution in [1.82, 2.24) is 15.4 Å². The van der Waals surface area contributed by atoms with Crippen molar-refractivity contribution in [3.63, 3.8) is 0 Å². The molecule has 0 aliphatic heterocycles. The van der Waals surface area contributed by atoms with E-state index in [1.165, 1.54) is 0 Å². The predicted octanol–water partition coefficient (Wildman–Crippen LogP) is 0.200. The standard InChI is InChI=1S/C5H4N4O/c6-4-2-1-3-5(7-4)10-9-8-3/h1-2H,(H2,6,7). The highest BCUT2D eigenvalue weighted by atomic mass is 16.5. The van der Waals surface area contributed by atoms with Crippen molar-refractivity contribution in [2.45, 2.75) is 0 Å². The lowest BCUT2D eigenvalue weighted by Gasteiger charge is -1.85. The number of pyridine rings is 1. The van der Waals surface area contributed by atoms with Gasteiger partial charge in [0.05, 0.1) is 0 Å². The van der Waals surface area contributed by atoms with Gasteiger partial charge in [0.25, 0.3) is 5.71 Å². The third-order valence-electron chi connectivity index (χ3n) is 1.14. The van der Waals surface area contributed by atoms with E-state index in [2.05, 4.69) is 19.9 Å². The van der Waals surface area contributed by atoms with Crippen LogP contribution in [-0.4, -0.2) is 15.4 Å². The number of fused-ring (bicyclic) bond motifs is 1. The summed E-state index contributed by atoms with van der Waals surface area (Å²) in [4.78, 5) is 3.82. The second-order valence-corrected chi connectivity index (χ2v) is 1.83. The summed E-state index contributed by atoms with van der Waals surface area (Å²) < 4.78 is 4.65. The number of rotatable bonds is 0. The van der Waals surface area contributed by atoms with E-state index < -0.39 is 0 Å². The molecule has 0 saturated heterocycles. The van der Waals surface area contributed by atoms with Crippen LogP contribution in [0.5, 0.6) is 0 Å². The van der Waals surface area contributed by atoms with Crippen molar-refractivity contribution in [2.75, 3.05) is 5.73 Å². The molecule has 50 valence electrons. The molecule has 2 heterocycles. The van der Waals surface area contributed by atoms with E-state index in [4.69, 9.17) is 5.73 Å². The van der Waals surface area contributed by atoms with Gasteiger partial charge in [-0.15, -0.1) is 5.10 Å². The highest BCUT2D eigenvalue weighted by molar-refractivity contribution is 5.68. The minimum absolute atomic E-state index is 0.375. The average Bonchev–Trinajstić information content (AvgIpc) is 2.33. The van der Waals surface area contributed by atoms with Gasteiger partial charge in [0.15, 0.2) is 5.52 Å². The van der Waals surface area contributed by atoms with Crippen LogP contribution in [0.2, 0.25) is 0 Å². The molecule has 0 radical (unpaired) electrons. The Hall–Kier alpha value is -1.65. The Labute approximate surface area is 55.8 Å². The molecule has 2 rings (SSSR count). The first-order chi connectivity index (χ1) is 4.86. The third-order valence-corrected chi connectivity index (χ3v) is 1.14. The first-order valence-corrected chi connectivity index (χ1v) is 2.71. The fraction of sp³-hybridized carbons (Fsp3) is 0. The monoisotopic (exact) mass is 136 g/mol. The zero-order chi connectivity index (χ0) is 6.97. The van der Waals surface area contributed by atoms with Crippen molar-refractivity contribution in [2.24, 2.45) is 0 Å². The molecule has 5 nitrogen and oxygen atoms in total. The summed E-state index contributed by atoms with van der Waals surface area (Å²) in [6.45, 7) is 0. The Balaban J connectivity index is 2.86. The molecule has 0 atom stereocenters. The van der Waals surface area contributed by atoms with Gasteiger partial charge in [0.1, 0.15) is 5.82 Å². The molecule has 0 unspecified atom stereocenters. The molecule has 5 heteroatoms. The first kappa shape index (κ1) is 5.16. The topological polar surface area (TPSA) is 77.8 Å². The summed E-state index contributed by atoms with van der Waals surface area (Å²) in [5.74, 6) is 0.408. The maximum Gasteiger partial charge on any atom is 0.280 e. The smallest absolute Gasteiger partial charge is 0.280 e. The molecule has 0 bridgehead atoms. The Morgan fingerprint density at radius 1 is 1.40 bits per heavy atom. The normalized spacial score (nSPS) is 10.4. The van der Waals surface area contributed by atoms with Crippen LogP contribution in [-0.2, 0) is 0 Å². The molecule has 0 aromatic carbocycles. The van der Waals surface area contributed by atoms with E-state index in [0.29, 0.717) is 17.0 Å². The first-order valence-electron chi connectivity index (χ1n) is 2.71. The molecule has 2 aromatic rings. The van der Waals surface area contributed by atoms with E-state index >= 15 is 0 Å². The highest BCUT2D eigenvalue weighted by Gasteiger charge is 1.99. The number of nitrogens with two attached hydrogens (primary N) is 1. The van der Waals surface area contributed by atoms with Gasteiger partial charge >= 0.3 is 0 Å². The molecule has 0 saturated carbocycles. The second kappa shape index (κ2) is 1.66. The summed E-state index contributed by atoms with van der Waals surface area (Å²) in [6.07, 6.45) is 0. The van der Waals surface area contributed by atoms with Crippen molar-refractivity contribution in [3.8, 4) is 0 Å². The van der Waals surface area contributed by atoms with Crippen LogP contribution in [0.1, 0.15) is 0 Å². The van der Waals surface area contributed by atoms with Crippen LogP contribution in [0.3, 0.4) is 0 Å². The number of hydrogen-bond donors (Lipinski definition) is 1. The van der Waals surface area contributed by atoms with E-state index in [0.717, 1.165) is 0 Å². The van der Waals surface area contributed by atoms with E-state index in [9.17, 15) is 0 Å². The van der Waals surface area contributed by atoms with Gasteiger partial charge in [-0.3, -0.25) is 0 Å². The minimum atomic E-state index is 0.375. The van der Waals surface area contributed by atoms with Crippen LogP contribution < -0.4 is 5.73 Å². The minimum Gasteiger partial charge on any atom is -0.384 e. The van der Waals surface area contributed by atoms with E-state index in [-0.39, 0.29) is 0 Å². The Bertz CT molecular complexity index is 355. The van der Waals surface area contributed by atoms with E-state index in [1.807, 2.05) is 0 Å². The molecule has 0 fully saturated rings. The highest BCUT2D eigenvalue weighted by Crippen LogP contribution is 2.08. The molecule has 2 N–H and O–H groups in total. The summed E-state index contributed by atoms with van der Waals surface area (Å²) in [7, 11) is 0. The fourth-order valence-corrected chi connectivity index (χ4v) is 0.694. The van der Waals surface area contributed by atoms with Crippen molar-refractivity contribution >= 4 is 17.0 Å². The van der Waals surface area contributed by atoms with Gasteiger partial charge in [0.2, 0.25) is 0 Å². The Kier molecular flexibility index (Phi) is 0.858. The second-order valence-electron chi connectivity index (χ2n) is 1.83. The zero-order valence-electron chi connectivity index (χ0n) is 4.98. The number of nitrogens with zero attached hydrogens (tertiary/aromatic N) is 3. The van der Waals surface area contributed by atoms with Gasteiger partial charge in [-0.05, 0) is 12.1 Å². The molecular weight excluding hydrogens is 132 g/mol. The van der Waals surface area contributed by atoms with Crippen molar-refractivity contribution in [1.29, 1.82) is 0 Å². The summed E-state index contributed by atoms with van der Waals surface area (Å²) in [6, 6.07) is 3.35. The average molecular weight is 136 g/mol. The lowest BCUT2D eigenvalue weighted by Crippen LogP contribution is -1.87. The zero-order valence-corrected chi connectivity index (χ0v) is 4.98. The molecule has 0 aliphatic carbocycles. The van der Waals surface area contributed by atoms with Gasteiger partial charge < -0.3 is 10.3 Å². The SMILES string of the molecule is Nc1ccc2nnoc2n1. The number of anilines is 1. The number of nitrogen functional groups attached to an aromatic ring is 1. The van der Waals surface area contributed by atoms with Crippen LogP contribution in [0, 0.1) is 0 Å². The lowest BCUT2D eigenvalue weighted by molar-refractivity contribution is 0.418. The summed E-state index contributed by atoms with van der Waals surface area (Å²) >= 11 is 0. The Morgan fingerprint density at radius 2 is 2.30 bits per heavy atom. The molecule has 0 amide bonds. The Morgan fingerprint density at radius 3 is 3.20 bits per heavy atom. The molecule has 0 aliphatic rings. The predicted molar refractivity (Wildman–Crippen MR) is 34.0 cm³/mol. The van der Waals surface area contributed by atoms with Crippen molar-refractivity contribution < 1.29 is 4.52 Å². The largest absolute Gasteiger partial charge is 0.384 e. The van der Waals surface area contributed by atoms with Crippen LogP contribution in [0.4, 0.5) is 5.82 Å². The third kappa shape index (κ3) is 0.604. The summed E-state index contributed by atoms with van der Waals surface area (Å²) in [5.41, 5.74) is 6.35. The number of aromatic nitrogens is 3. The molecule has 10 heavy (non-hydrogen) atoms. The van der Waals surface area contributed by atoms with Crippen LogP contribution in [0.25, 0.3) is 11.2 Å². The van der Waals surface area contributed by atoms with Gasteiger partial charge in [-0.2, -0.15) is 4.98 Å². The number of hydrogen-bond acceptors (Lipinski definition) is 5. The quantitative estimate of drug-likeness (QED) is 0.559. The van der Waals surface area contributed by atoms with Crippen LogP contribution >= 0.6 is 0 Å². The molecule has 2 aromatic heterocycles. The van der Waals surface area contributed by atoms with Gasteiger partial charge in [-0.1, -0.05) is 0 Å². The molecular formula is C5H4N4O. The maximum absolute atomic E-state index is 5.36. The molecule has 0 spiro atoms. The van der Waals surface area contributed by atoms with Gasteiger partial charge in [-0.25, -0.2) is 0 Å². The van der Waals surface area contributed by atoms with Crippen LogP contribution in [0.15, 0.2) is 16.7 Å². The fourth-order valence-electron chi connectivity index (χ4n) is 0.694.